The van der Waals surface area contributed by atoms with Gasteiger partial charge in [0, 0.05) is 17.0 Å². The molecule has 34 heavy (non-hydrogen) atoms. The van der Waals surface area contributed by atoms with Gasteiger partial charge in [0.15, 0.2) is 0 Å². The molecule has 0 nitrogen and oxygen atoms in total. The molecule has 0 aromatic heterocycles. The third kappa shape index (κ3) is 6.08. The quantitative estimate of drug-likeness (QED) is 0.207. The molecule has 0 aliphatic heterocycles. The van der Waals surface area contributed by atoms with Crippen molar-refractivity contribution in [2.75, 3.05) is 0 Å². The van der Waals surface area contributed by atoms with Gasteiger partial charge in [-0.25, -0.2) is 13.2 Å². The number of fused-ring (bicyclic) bond motifs is 1. The van der Waals surface area contributed by atoms with Crippen molar-refractivity contribution in [3.8, 4) is 11.1 Å². The Morgan fingerprint density at radius 2 is 1.18 bits per heavy atom. The lowest BCUT2D eigenvalue weighted by Gasteiger charge is -2.10. The van der Waals surface area contributed by atoms with Crippen LogP contribution in [-0.2, 0) is 19.3 Å². The van der Waals surface area contributed by atoms with Crippen molar-refractivity contribution in [1.82, 2.24) is 0 Å². The largest absolute Gasteiger partial charge is 0.207 e. The maximum atomic E-state index is 15.1. The van der Waals surface area contributed by atoms with Gasteiger partial charge in [0.2, 0.25) is 0 Å². The molecule has 0 atom stereocenters. The van der Waals surface area contributed by atoms with E-state index >= 15 is 4.39 Å². The zero-order valence-electron chi connectivity index (χ0n) is 19.7. The van der Waals surface area contributed by atoms with Crippen molar-refractivity contribution >= 4 is 10.8 Å². The van der Waals surface area contributed by atoms with E-state index in [9.17, 15) is 8.78 Å². The van der Waals surface area contributed by atoms with Crippen LogP contribution in [0.2, 0.25) is 0 Å². The van der Waals surface area contributed by atoms with Crippen LogP contribution in [0.15, 0.2) is 72.8 Å². The summed E-state index contributed by atoms with van der Waals surface area (Å²) in [5, 5.41) is 1.24. The van der Waals surface area contributed by atoms with Crippen LogP contribution in [0.4, 0.5) is 13.2 Å². The van der Waals surface area contributed by atoms with Crippen molar-refractivity contribution in [3.05, 3.63) is 107 Å². The van der Waals surface area contributed by atoms with Gasteiger partial charge in [0.25, 0.3) is 0 Å². The van der Waals surface area contributed by atoms with Gasteiger partial charge in [-0.1, -0.05) is 87.2 Å². The van der Waals surface area contributed by atoms with Crippen molar-refractivity contribution in [2.45, 2.75) is 58.3 Å². The lowest BCUT2D eigenvalue weighted by molar-refractivity contribution is 0.583. The lowest BCUT2D eigenvalue weighted by atomic mass is 9.96. The van der Waals surface area contributed by atoms with E-state index in [4.69, 9.17) is 0 Å². The summed E-state index contributed by atoms with van der Waals surface area (Å²) in [4.78, 5) is 0. The fourth-order valence-electron chi connectivity index (χ4n) is 4.52. The molecule has 4 aromatic carbocycles. The molecule has 0 aliphatic rings. The molecule has 0 aliphatic carbocycles. The Hall–Kier alpha value is -3.07. The van der Waals surface area contributed by atoms with Crippen LogP contribution in [0.1, 0.15) is 55.7 Å². The van der Waals surface area contributed by atoms with Crippen molar-refractivity contribution in [3.63, 3.8) is 0 Å². The summed E-state index contributed by atoms with van der Waals surface area (Å²) in [5.41, 5.74) is 4.23. The average molecular weight is 461 g/mol. The summed E-state index contributed by atoms with van der Waals surface area (Å²) in [6, 6.07) is 21.1. The topological polar surface area (TPSA) is 0 Å². The number of aryl methyl sites for hydroxylation is 3. The molecule has 3 heteroatoms. The minimum atomic E-state index is -0.718. The Balaban J connectivity index is 1.40. The van der Waals surface area contributed by atoms with Gasteiger partial charge in [0.1, 0.15) is 17.5 Å². The molecular weight excluding hydrogens is 429 g/mol. The molecule has 4 rings (SSSR count). The molecular formula is C31H31F3. The summed E-state index contributed by atoms with van der Waals surface area (Å²) >= 11 is 0. The highest BCUT2D eigenvalue weighted by Crippen LogP contribution is 2.30. The van der Waals surface area contributed by atoms with E-state index in [1.807, 2.05) is 18.2 Å². The van der Waals surface area contributed by atoms with Gasteiger partial charge < -0.3 is 0 Å². The van der Waals surface area contributed by atoms with Crippen LogP contribution >= 0.6 is 0 Å². The monoisotopic (exact) mass is 460 g/mol. The van der Waals surface area contributed by atoms with Crippen LogP contribution in [-0.4, -0.2) is 0 Å². The van der Waals surface area contributed by atoms with Gasteiger partial charge >= 0.3 is 0 Å². The number of unbranched alkanes of at least 4 members (excludes halogenated alkanes) is 4. The fourth-order valence-corrected chi connectivity index (χ4v) is 4.52. The number of halogens is 3. The highest BCUT2D eigenvalue weighted by molar-refractivity contribution is 5.88. The predicted octanol–water partition coefficient (Wildman–Crippen LogP) is 9.22. The molecule has 0 unspecified atom stereocenters. The minimum Gasteiger partial charge on any atom is -0.207 e. The molecule has 0 bridgehead atoms. The van der Waals surface area contributed by atoms with Gasteiger partial charge in [-0.2, -0.15) is 0 Å². The van der Waals surface area contributed by atoms with E-state index < -0.39 is 17.5 Å². The summed E-state index contributed by atoms with van der Waals surface area (Å²) in [6.45, 7) is 2.24. The van der Waals surface area contributed by atoms with E-state index in [0.717, 1.165) is 48.4 Å². The fraction of sp³-hybridized carbons (Fsp3) is 0.290. The normalized spacial score (nSPS) is 11.3. The van der Waals surface area contributed by atoms with Crippen molar-refractivity contribution in [2.24, 2.45) is 0 Å². The predicted molar refractivity (Wildman–Crippen MR) is 136 cm³/mol. The summed E-state index contributed by atoms with van der Waals surface area (Å²) < 4.78 is 42.3. The standard InChI is InChI=1S/C31H31F3/c1-2-3-4-5-6-7-22-8-10-23(11-9-22)12-13-24-14-16-29-25(18-24)15-17-30(31(29)34)26-19-27(32)21-28(33)20-26/h8-11,14-21H,2-7,12-13H2,1H3. The lowest BCUT2D eigenvalue weighted by Crippen LogP contribution is -1.94. The van der Waals surface area contributed by atoms with Gasteiger partial charge in [-0.3, -0.25) is 0 Å². The Bertz CT molecular complexity index is 1220. The summed E-state index contributed by atoms with van der Waals surface area (Å²) in [5.74, 6) is -1.89. The Kier molecular flexibility index (Phi) is 8.05. The van der Waals surface area contributed by atoms with Crippen molar-refractivity contribution in [1.29, 1.82) is 0 Å². The van der Waals surface area contributed by atoms with Crippen LogP contribution in [0.3, 0.4) is 0 Å². The second-order valence-electron chi connectivity index (χ2n) is 9.12. The van der Waals surface area contributed by atoms with Crippen LogP contribution in [0, 0.1) is 17.5 Å². The molecule has 0 saturated carbocycles. The smallest absolute Gasteiger partial charge is 0.138 e. The first-order valence-corrected chi connectivity index (χ1v) is 12.3. The first-order chi connectivity index (χ1) is 16.5. The number of hydrogen-bond acceptors (Lipinski definition) is 0. The molecule has 4 aromatic rings. The zero-order valence-corrected chi connectivity index (χ0v) is 19.7. The Morgan fingerprint density at radius 3 is 1.88 bits per heavy atom. The van der Waals surface area contributed by atoms with E-state index in [0.29, 0.717) is 5.39 Å². The first-order valence-electron chi connectivity index (χ1n) is 12.3. The van der Waals surface area contributed by atoms with Crippen molar-refractivity contribution < 1.29 is 13.2 Å². The van der Waals surface area contributed by atoms with E-state index in [1.165, 1.54) is 43.2 Å². The third-order valence-electron chi connectivity index (χ3n) is 6.49. The van der Waals surface area contributed by atoms with E-state index in [-0.39, 0.29) is 11.1 Å². The van der Waals surface area contributed by atoms with Crippen LogP contribution < -0.4 is 0 Å². The number of benzene rings is 4. The SMILES string of the molecule is CCCCCCCc1ccc(CCc2ccc3c(F)c(-c4cc(F)cc(F)c4)ccc3c2)cc1. The van der Waals surface area contributed by atoms with Gasteiger partial charge in [-0.05, 0) is 65.5 Å². The molecule has 0 amide bonds. The second-order valence-corrected chi connectivity index (χ2v) is 9.12. The molecule has 0 heterocycles. The highest BCUT2D eigenvalue weighted by Gasteiger charge is 2.12. The van der Waals surface area contributed by atoms with E-state index in [2.05, 4.69) is 31.2 Å². The Labute approximate surface area is 200 Å². The molecule has 0 saturated heterocycles. The molecule has 0 fully saturated rings. The maximum Gasteiger partial charge on any atom is 0.138 e. The summed E-state index contributed by atoms with van der Waals surface area (Å²) in [7, 11) is 0. The van der Waals surface area contributed by atoms with Crippen LogP contribution in [0.25, 0.3) is 21.9 Å². The second kappa shape index (κ2) is 11.4. The molecule has 0 N–H and O–H groups in total. The number of hydrogen-bond donors (Lipinski definition) is 0. The summed E-state index contributed by atoms with van der Waals surface area (Å²) in [6.07, 6.45) is 9.42. The van der Waals surface area contributed by atoms with Crippen LogP contribution in [0.5, 0.6) is 0 Å². The highest BCUT2D eigenvalue weighted by atomic mass is 19.1. The van der Waals surface area contributed by atoms with Gasteiger partial charge in [0.05, 0.1) is 0 Å². The van der Waals surface area contributed by atoms with Gasteiger partial charge in [-0.15, -0.1) is 0 Å². The molecule has 0 radical (unpaired) electrons. The first kappa shape index (κ1) is 24.1. The maximum absolute atomic E-state index is 15.1. The average Bonchev–Trinajstić information content (AvgIpc) is 2.83. The minimum absolute atomic E-state index is 0.198. The number of rotatable bonds is 10. The third-order valence-corrected chi connectivity index (χ3v) is 6.49. The molecule has 0 spiro atoms. The molecule has 176 valence electrons. The van der Waals surface area contributed by atoms with E-state index in [1.54, 1.807) is 12.1 Å². The Morgan fingerprint density at radius 1 is 0.559 bits per heavy atom. The zero-order chi connectivity index (χ0) is 23.9.